The average Bonchev–Trinajstić information content (AvgIpc) is 3.55. The highest BCUT2D eigenvalue weighted by Crippen LogP contribution is 2.15. The zero-order valence-electron chi connectivity index (χ0n) is 18.1. The standard InChI is InChI=1S/C10H16N2O4.C9H15N3O5/c13-9(14)8-7(3-5-12-8)16-10(15)6-2-1-4-11-6;10-3-6(13)16-5-1-2-12-8(5)9(15)17-7(14)4-11/h6-8,11-12H,1-5H2,(H,13,14);5,8,12H,1-4,10-11H2/t6-,7?,8-;5?,8-/m00/s1. The van der Waals surface area contributed by atoms with Crippen LogP contribution in [0.4, 0.5) is 0 Å². The van der Waals surface area contributed by atoms with Gasteiger partial charge in [0, 0.05) is 0 Å². The van der Waals surface area contributed by atoms with Crippen LogP contribution in [0.2, 0.25) is 0 Å². The van der Waals surface area contributed by atoms with Crippen LogP contribution in [-0.4, -0.2) is 98.0 Å². The van der Waals surface area contributed by atoms with Gasteiger partial charge in [-0.25, -0.2) is 4.79 Å². The van der Waals surface area contributed by atoms with Crippen LogP contribution in [0.25, 0.3) is 0 Å². The zero-order valence-corrected chi connectivity index (χ0v) is 18.1. The Bertz CT molecular complexity index is 728. The number of ether oxygens (including phenoxy) is 3. The third kappa shape index (κ3) is 8.01. The molecule has 186 valence electrons. The lowest BCUT2D eigenvalue weighted by Gasteiger charge is -2.18. The molecule has 8 N–H and O–H groups in total. The molecule has 3 rings (SSSR count). The van der Waals surface area contributed by atoms with Crippen molar-refractivity contribution in [3.8, 4) is 0 Å². The largest absolute Gasteiger partial charge is 0.480 e. The molecule has 14 heteroatoms. The highest BCUT2D eigenvalue weighted by Gasteiger charge is 2.38. The Hall–Kier alpha value is -2.65. The molecule has 3 saturated heterocycles. The molecule has 14 nitrogen and oxygen atoms in total. The molecule has 0 bridgehead atoms. The Morgan fingerprint density at radius 1 is 0.758 bits per heavy atom. The van der Waals surface area contributed by atoms with E-state index < -0.39 is 48.2 Å². The molecule has 0 radical (unpaired) electrons. The van der Waals surface area contributed by atoms with E-state index in [1.165, 1.54) is 0 Å². The van der Waals surface area contributed by atoms with E-state index in [0.717, 1.165) is 19.4 Å². The van der Waals surface area contributed by atoms with Crippen molar-refractivity contribution in [2.24, 2.45) is 11.5 Å². The van der Waals surface area contributed by atoms with E-state index in [1.54, 1.807) is 0 Å². The molecule has 3 heterocycles. The third-order valence-electron chi connectivity index (χ3n) is 5.29. The Labute approximate surface area is 190 Å². The summed E-state index contributed by atoms with van der Waals surface area (Å²) in [7, 11) is 0. The van der Waals surface area contributed by atoms with E-state index in [-0.39, 0.29) is 25.1 Å². The summed E-state index contributed by atoms with van der Waals surface area (Å²) in [5.74, 6) is -3.52. The highest BCUT2D eigenvalue weighted by molar-refractivity contribution is 5.90. The fourth-order valence-electron chi connectivity index (χ4n) is 3.65. The Balaban J connectivity index is 0.000000234. The van der Waals surface area contributed by atoms with Gasteiger partial charge in [-0.1, -0.05) is 0 Å². The van der Waals surface area contributed by atoms with Crippen LogP contribution in [0.3, 0.4) is 0 Å². The summed E-state index contributed by atoms with van der Waals surface area (Å²) in [6.07, 6.45) is 1.57. The van der Waals surface area contributed by atoms with Crippen LogP contribution in [0.1, 0.15) is 25.7 Å². The summed E-state index contributed by atoms with van der Waals surface area (Å²) >= 11 is 0. The minimum absolute atomic E-state index is 0.255. The van der Waals surface area contributed by atoms with E-state index in [4.69, 9.17) is 26.0 Å². The number of carboxylic acid groups (broad SMARTS) is 1. The zero-order chi connectivity index (χ0) is 24.4. The summed E-state index contributed by atoms with van der Waals surface area (Å²) in [5.41, 5.74) is 10.1. The van der Waals surface area contributed by atoms with Crippen LogP contribution in [0.15, 0.2) is 0 Å². The highest BCUT2D eigenvalue weighted by atomic mass is 16.6. The first-order chi connectivity index (χ1) is 15.8. The Morgan fingerprint density at radius 3 is 1.91 bits per heavy atom. The number of rotatable bonds is 7. The van der Waals surface area contributed by atoms with Gasteiger partial charge in [0.1, 0.15) is 30.3 Å². The fourth-order valence-corrected chi connectivity index (χ4v) is 3.65. The van der Waals surface area contributed by atoms with Crippen molar-refractivity contribution in [1.29, 1.82) is 0 Å². The van der Waals surface area contributed by atoms with Gasteiger partial charge in [0.15, 0.2) is 0 Å². The number of carbonyl (C=O) groups excluding carboxylic acids is 4. The number of nitrogens with two attached hydrogens (primary N) is 2. The van der Waals surface area contributed by atoms with Gasteiger partial charge >= 0.3 is 29.8 Å². The van der Waals surface area contributed by atoms with E-state index in [9.17, 15) is 24.0 Å². The van der Waals surface area contributed by atoms with Crippen LogP contribution in [0, 0.1) is 0 Å². The molecule has 0 spiro atoms. The molecule has 0 aliphatic carbocycles. The number of esters is 4. The first-order valence-corrected chi connectivity index (χ1v) is 10.7. The lowest BCUT2D eigenvalue weighted by molar-refractivity contribution is -0.163. The summed E-state index contributed by atoms with van der Waals surface area (Å²) < 4.78 is 14.6. The SMILES string of the molecule is NCC(=O)OC(=O)[C@H]1NCCC1OC(=O)CN.O=C(OC1CCN[C@@H]1C(=O)O)[C@@H]1CCCN1. The number of nitrogens with one attached hydrogen (secondary N) is 3. The van der Waals surface area contributed by atoms with Crippen LogP contribution in [0.5, 0.6) is 0 Å². The summed E-state index contributed by atoms with van der Waals surface area (Å²) in [5, 5.41) is 17.5. The van der Waals surface area contributed by atoms with Gasteiger partial charge in [0.05, 0.1) is 13.1 Å². The monoisotopic (exact) mass is 473 g/mol. The fraction of sp³-hybridized carbons (Fsp3) is 0.737. The molecule has 0 saturated carbocycles. The molecule has 0 aromatic rings. The lowest BCUT2D eigenvalue weighted by Crippen LogP contribution is -2.43. The van der Waals surface area contributed by atoms with Crippen molar-refractivity contribution in [2.45, 2.75) is 56.0 Å². The number of aliphatic carboxylic acids is 1. The van der Waals surface area contributed by atoms with E-state index in [2.05, 4.69) is 20.7 Å². The quantitative estimate of drug-likeness (QED) is 0.119. The molecule has 33 heavy (non-hydrogen) atoms. The van der Waals surface area contributed by atoms with Crippen LogP contribution < -0.4 is 27.4 Å². The van der Waals surface area contributed by atoms with E-state index in [0.29, 0.717) is 25.9 Å². The maximum absolute atomic E-state index is 11.7. The molecule has 3 fully saturated rings. The first-order valence-electron chi connectivity index (χ1n) is 10.7. The molecular weight excluding hydrogens is 442 g/mol. The molecule has 3 aliphatic rings. The predicted molar refractivity (Wildman–Crippen MR) is 110 cm³/mol. The van der Waals surface area contributed by atoms with Gasteiger partial charge < -0.3 is 46.7 Å². The summed E-state index contributed by atoms with van der Waals surface area (Å²) in [6, 6.07) is -1.86. The van der Waals surface area contributed by atoms with E-state index >= 15 is 0 Å². The smallest absolute Gasteiger partial charge is 0.334 e. The molecule has 0 amide bonds. The van der Waals surface area contributed by atoms with E-state index in [1.807, 2.05) is 0 Å². The second-order valence-corrected chi connectivity index (χ2v) is 7.63. The summed E-state index contributed by atoms with van der Waals surface area (Å²) in [6.45, 7) is 1.24. The number of carboxylic acids is 1. The van der Waals surface area contributed by atoms with Gasteiger partial charge in [0.2, 0.25) is 0 Å². The maximum Gasteiger partial charge on any atom is 0.334 e. The molecule has 3 aliphatic heterocycles. The van der Waals surface area contributed by atoms with Gasteiger partial charge in [-0.3, -0.25) is 19.2 Å². The minimum atomic E-state index is -0.963. The van der Waals surface area contributed by atoms with Crippen molar-refractivity contribution >= 4 is 29.8 Å². The van der Waals surface area contributed by atoms with Gasteiger partial charge in [-0.05, 0) is 45.3 Å². The van der Waals surface area contributed by atoms with Crippen molar-refractivity contribution in [2.75, 3.05) is 32.7 Å². The molecule has 2 unspecified atom stereocenters. The van der Waals surface area contributed by atoms with Gasteiger partial charge in [0.25, 0.3) is 0 Å². The molecular formula is C19H31N5O9. The third-order valence-corrected chi connectivity index (χ3v) is 5.29. The second-order valence-electron chi connectivity index (χ2n) is 7.63. The maximum atomic E-state index is 11.7. The van der Waals surface area contributed by atoms with Gasteiger partial charge in [-0.15, -0.1) is 0 Å². The number of carbonyl (C=O) groups is 5. The lowest BCUT2D eigenvalue weighted by atomic mass is 10.1. The Morgan fingerprint density at radius 2 is 1.36 bits per heavy atom. The van der Waals surface area contributed by atoms with Crippen molar-refractivity contribution in [1.82, 2.24) is 16.0 Å². The molecule has 0 aromatic heterocycles. The molecule has 5 atom stereocenters. The predicted octanol–water partition coefficient (Wildman–Crippen LogP) is -3.66. The number of hydrogen-bond donors (Lipinski definition) is 6. The van der Waals surface area contributed by atoms with Gasteiger partial charge in [-0.2, -0.15) is 0 Å². The van der Waals surface area contributed by atoms with Crippen LogP contribution in [-0.2, 0) is 38.2 Å². The number of hydrogen-bond acceptors (Lipinski definition) is 13. The second kappa shape index (κ2) is 13.2. The first kappa shape index (κ1) is 26.6. The molecule has 0 aromatic carbocycles. The normalized spacial score (nSPS) is 28.4. The van der Waals surface area contributed by atoms with Crippen LogP contribution >= 0.6 is 0 Å². The van der Waals surface area contributed by atoms with Crippen molar-refractivity contribution in [3.05, 3.63) is 0 Å². The van der Waals surface area contributed by atoms with Crippen molar-refractivity contribution < 1.29 is 43.3 Å². The minimum Gasteiger partial charge on any atom is -0.480 e. The average molecular weight is 473 g/mol. The van der Waals surface area contributed by atoms with Crippen molar-refractivity contribution in [3.63, 3.8) is 0 Å². The Kier molecular flexibility index (Phi) is 10.6. The summed E-state index contributed by atoms with van der Waals surface area (Å²) in [4.78, 5) is 55.9. The topological polar surface area (TPSA) is 221 Å².